The maximum atomic E-state index is 12.2. The van der Waals surface area contributed by atoms with E-state index in [4.69, 9.17) is 9.47 Å². The van der Waals surface area contributed by atoms with E-state index in [-0.39, 0.29) is 11.8 Å². The fraction of sp³-hybridized carbons (Fsp3) is 0.222. The Morgan fingerprint density at radius 3 is 1.34 bits per heavy atom. The Labute approximate surface area is 258 Å². The molecule has 0 bridgehead atoms. The van der Waals surface area contributed by atoms with Crippen LogP contribution >= 0.6 is 0 Å². The van der Waals surface area contributed by atoms with Crippen molar-refractivity contribution in [2.45, 2.75) is 51.7 Å². The summed E-state index contributed by atoms with van der Waals surface area (Å²) in [6, 6.07) is 35.0. The third-order valence-corrected chi connectivity index (χ3v) is 6.66. The van der Waals surface area contributed by atoms with Crippen LogP contribution < -0.4 is 20.3 Å². The molecule has 0 saturated heterocycles. The van der Waals surface area contributed by atoms with Gasteiger partial charge in [0.1, 0.15) is 24.7 Å². The lowest BCUT2D eigenvalue weighted by Gasteiger charge is -2.09. The topological polar surface area (TPSA) is 101 Å². The number of benzene rings is 4. The summed E-state index contributed by atoms with van der Waals surface area (Å²) in [6.07, 6.45) is 7.05. The number of unbranched alkanes of at least 4 members (excludes halogenated alkanes) is 3. The number of para-hydroxylation sites is 2. The van der Waals surface area contributed by atoms with E-state index in [2.05, 4.69) is 21.1 Å². The molecule has 4 aromatic rings. The van der Waals surface area contributed by atoms with E-state index < -0.39 is 0 Å². The van der Waals surface area contributed by atoms with Gasteiger partial charge in [-0.1, -0.05) is 97.8 Å². The summed E-state index contributed by atoms with van der Waals surface area (Å²) < 4.78 is 11.8. The fourth-order valence-corrected chi connectivity index (χ4v) is 4.29. The van der Waals surface area contributed by atoms with Crippen molar-refractivity contribution in [2.75, 3.05) is 0 Å². The van der Waals surface area contributed by atoms with E-state index in [1.54, 1.807) is 12.4 Å². The zero-order valence-electron chi connectivity index (χ0n) is 24.7. The molecule has 0 aliphatic heterocycles. The summed E-state index contributed by atoms with van der Waals surface area (Å²) in [6.45, 7) is 0.902. The lowest BCUT2D eigenvalue weighted by atomic mass is 10.1. The molecule has 0 heterocycles. The second kappa shape index (κ2) is 18.3. The molecule has 44 heavy (non-hydrogen) atoms. The molecule has 4 aromatic carbocycles. The summed E-state index contributed by atoms with van der Waals surface area (Å²) >= 11 is 0. The predicted octanol–water partition coefficient (Wildman–Crippen LogP) is 6.79. The van der Waals surface area contributed by atoms with Crippen LogP contribution in [0.3, 0.4) is 0 Å². The van der Waals surface area contributed by atoms with E-state index in [1.165, 1.54) is 0 Å². The molecular formula is C36H38N4O4. The monoisotopic (exact) mass is 590 g/mol. The molecule has 4 rings (SSSR count). The van der Waals surface area contributed by atoms with Gasteiger partial charge in [-0.25, -0.2) is 10.9 Å². The summed E-state index contributed by atoms with van der Waals surface area (Å²) in [5, 5.41) is 8.19. The lowest BCUT2D eigenvalue weighted by molar-refractivity contribution is -0.122. The second-order valence-corrected chi connectivity index (χ2v) is 10.1. The molecule has 0 spiro atoms. The Balaban J connectivity index is 1.07. The van der Waals surface area contributed by atoms with Crippen molar-refractivity contribution in [3.8, 4) is 11.5 Å². The minimum absolute atomic E-state index is 0.149. The molecule has 0 unspecified atom stereocenters. The molecule has 226 valence electrons. The highest BCUT2D eigenvalue weighted by Gasteiger charge is 2.05. The predicted molar refractivity (Wildman–Crippen MR) is 174 cm³/mol. The molecule has 0 aliphatic rings. The number of carbonyl (C=O) groups excluding carboxylic acids is 2. The SMILES string of the molecule is O=C(CCCCCCC(=O)N/N=C\c1ccccc1OCc1ccccc1)N/N=C\c1ccccc1OCc1ccccc1. The fourth-order valence-electron chi connectivity index (χ4n) is 4.29. The molecule has 0 saturated carbocycles. The highest BCUT2D eigenvalue weighted by molar-refractivity contribution is 5.86. The molecule has 0 fully saturated rings. The van der Waals surface area contributed by atoms with Gasteiger partial charge in [-0.15, -0.1) is 0 Å². The van der Waals surface area contributed by atoms with Crippen LogP contribution in [0.5, 0.6) is 11.5 Å². The number of hydrazone groups is 2. The molecule has 8 heteroatoms. The number of carbonyl (C=O) groups is 2. The van der Waals surface area contributed by atoms with Crippen molar-refractivity contribution < 1.29 is 19.1 Å². The van der Waals surface area contributed by atoms with Crippen LogP contribution in [-0.2, 0) is 22.8 Å². The molecule has 0 aliphatic carbocycles. The average Bonchev–Trinajstić information content (AvgIpc) is 3.06. The number of ether oxygens (including phenoxy) is 2. The quantitative estimate of drug-likeness (QED) is 0.0804. The van der Waals surface area contributed by atoms with Crippen molar-refractivity contribution in [2.24, 2.45) is 10.2 Å². The summed E-state index contributed by atoms with van der Waals surface area (Å²) in [7, 11) is 0. The van der Waals surface area contributed by atoms with E-state index >= 15 is 0 Å². The van der Waals surface area contributed by atoms with Gasteiger partial charge < -0.3 is 9.47 Å². The number of nitrogens with zero attached hydrogens (tertiary/aromatic N) is 2. The molecule has 2 amide bonds. The summed E-state index contributed by atoms with van der Waals surface area (Å²) in [5.74, 6) is 1.09. The highest BCUT2D eigenvalue weighted by Crippen LogP contribution is 2.19. The standard InChI is InChI=1S/C36H38N4O4/c41-35(39-37-25-31-19-11-13-21-33(31)43-27-29-15-5-3-6-16-29)23-9-1-2-10-24-36(42)40-38-26-32-20-12-14-22-34(32)44-28-30-17-7-4-8-18-30/h3-8,11-22,25-26H,1-2,9-10,23-24,27-28H2,(H,39,41)(H,40,42)/b37-25-,38-26-. The van der Waals surface area contributed by atoms with Gasteiger partial charge in [0.25, 0.3) is 0 Å². The van der Waals surface area contributed by atoms with Gasteiger partial charge in [0.05, 0.1) is 12.4 Å². The molecule has 0 radical (unpaired) electrons. The first-order valence-corrected chi connectivity index (χ1v) is 14.8. The minimum Gasteiger partial charge on any atom is -0.488 e. The van der Waals surface area contributed by atoms with E-state index in [0.717, 1.165) is 47.9 Å². The maximum absolute atomic E-state index is 12.2. The first kappa shape index (κ1) is 31.7. The largest absolute Gasteiger partial charge is 0.488 e. The Kier molecular flexibility index (Phi) is 13.2. The Morgan fingerprint density at radius 1 is 0.523 bits per heavy atom. The van der Waals surface area contributed by atoms with Crippen molar-refractivity contribution >= 4 is 24.2 Å². The van der Waals surface area contributed by atoms with Crippen LogP contribution in [0.4, 0.5) is 0 Å². The van der Waals surface area contributed by atoms with Crippen LogP contribution in [0.1, 0.15) is 60.8 Å². The van der Waals surface area contributed by atoms with Crippen molar-refractivity contribution in [1.29, 1.82) is 0 Å². The van der Waals surface area contributed by atoms with Crippen LogP contribution in [0.2, 0.25) is 0 Å². The molecule has 2 N–H and O–H groups in total. The zero-order chi connectivity index (χ0) is 30.7. The van der Waals surface area contributed by atoms with Gasteiger partial charge in [-0.3, -0.25) is 9.59 Å². The van der Waals surface area contributed by atoms with Gasteiger partial charge in [0.2, 0.25) is 11.8 Å². The first-order valence-electron chi connectivity index (χ1n) is 14.8. The van der Waals surface area contributed by atoms with Gasteiger partial charge in [-0.05, 0) is 48.2 Å². The van der Waals surface area contributed by atoms with Gasteiger partial charge in [-0.2, -0.15) is 10.2 Å². The van der Waals surface area contributed by atoms with Crippen molar-refractivity contribution in [3.05, 3.63) is 131 Å². The van der Waals surface area contributed by atoms with Crippen molar-refractivity contribution in [3.63, 3.8) is 0 Å². The average molecular weight is 591 g/mol. The second-order valence-electron chi connectivity index (χ2n) is 10.1. The number of rotatable bonds is 17. The third-order valence-electron chi connectivity index (χ3n) is 6.66. The van der Waals surface area contributed by atoms with E-state index in [9.17, 15) is 9.59 Å². The molecule has 0 atom stereocenters. The van der Waals surface area contributed by atoms with Gasteiger partial charge in [0, 0.05) is 24.0 Å². The lowest BCUT2D eigenvalue weighted by Crippen LogP contribution is -2.17. The minimum atomic E-state index is -0.149. The summed E-state index contributed by atoms with van der Waals surface area (Å²) in [4.78, 5) is 24.4. The molecule has 8 nitrogen and oxygen atoms in total. The van der Waals surface area contributed by atoms with Crippen LogP contribution in [-0.4, -0.2) is 24.2 Å². The van der Waals surface area contributed by atoms with Crippen LogP contribution in [0.25, 0.3) is 0 Å². The van der Waals surface area contributed by atoms with Gasteiger partial charge >= 0.3 is 0 Å². The Morgan fingerprint density at radius 2 is 0.909 bits per heavy atom. The number of hydrogen-bond acceptors (Lipinski definition) is 6. The van der Waals surface area contributed by atoms with E-state index in [1.807, 2.05) is 109 Å². The number of nitrogens with one attached hydrogen (secondary N) is 2. The normalized spacial score (nSPS) is 11.0. The summed E-state index contributed by atoms with van der Waals surface area (Å²) in [5.41, 5.74) is 8.88. The maximum Gasteiger partial charge on any atom is 0.240 e. The number of amides is 2. The van der Waals surface area contributed by atoms with Crippen LogP contribution in [0, 0.1) is 0 Å². The molecule has 0 aromatic heterocycles. The first-order chi connectivity index (χ1) is 21.7. The smallest absolute Gasteiger partial charge is 0.240 e. The highest BCUT2D eigenvalue weighted by atomic mass is 16.5. The zero-order valence-corrected chi connectivity index (χ0v) is 24.7. The Hall–Kier alpha value is -5.24. The van der Waals surface area contributed by atoms with Crippen molar-refractivity contribution in [1.82, 2.24) is 10.9 Å². The van der Waals surface area contributed by atoms with E-state index in [0.29, 0.717) is 37.6 Å². The third kappa shape index (κ3) is 11.6. The van der Waals surface area contributed by atoms with Crippen LogP contribution in [0.15, 0.2) is 119 Å². The molecular weight excluding hydrogens is 552 g/mol. The number of hydrogen-bond donors (Lipinski definition) is 2. The van der Waals surface area contributed by atoms with Gasteiger partial charge in [0.15, 0.2) is 0 Å². The Bertz CT molecular complexity index is 1390.